The number of rotatable bonds is 3. The maximum atomic E-state index is 13.0. The average Bonchev–Trinajstić information content (AvgIpc) is 2.57. The molecule has 2 heterocycles. The molecule has 3 rings (SSSR count). The molecule has 0 aliphatic carbocycles. The number of hydrogen-bond acceptors (Lipinski definition) is 4. The van der Waals surface area contributed by atoms with Crippen molar-refractivity contribution in [3.63, 3.8) is 0 Å². The third kappa shape index (κ3) is 3.28. The van der Waals surface area contributed by atoms with Crippen molar-refractivity contribution in [3.8, 4) is 0 Å². The number of carbonyl (C=O) groups excluding carboxylic acids is 2. The quantitative estimate of drug-likeness (QED) is 0.855. The zero-order valence-corrected chi connectivity index (χ0v) is 12.5. The lowest BCUT2D eigenvalue weighted by Gasteiger charge is -2.37. The number of piperazine rings is 1. The summed E-state index contributed by atoms with van der Waals surface area (Å²) < 4.78 is 5.33. The Kier molecular flexibility index (Phi) is 4.70. The highest BCUT2D eigenvalue weighted by molar-refractivity contribution is 5.85. The van der Waals surface area contributed by atoms with Crippen molar-refractivity contribution in [2.45, 2.75) is 6.04 Å². The molecule has 2 saturated heterocycles. The van der Waals surface area contributed by atoms with E-state index in [1.54, 1.807) is 0 Å². The van der Waals surface area contributed by atoms with Gasteiger partial charge in [-0.1, -0.05) is 30.3 Å². The molecule has 6 heteroatoms. The maximum absolute atomic E-state index is 13.0. The molecule has 1 N–H and O–H groups in total. The Balaban J connectivity index is 1.85. The predicted molar refractivity (Wildman–Crippen MR) is 81.2 cm³/mol. The van der Waals surface area contributed by atoms with Crippen LogP contribution in [0.4, 0.5) is 0 Å². The zero-order valence-electron chi connectivity index (χ0n) is 12.5. The molecular formula is C16H21N3O3. The Morgan fingerprint density at radius 2 is 1.86 bits per heavy atom. The van der Waals surface area contributed by atoms with Gasteiger partial charge in [-0.2, -0.15) is 0 Å². The molecule has 6 nitrogen and oxygen atoms in total. The van der Waals surface area contributed by atoms with Crippen LogP contribution in [0.15, 0.2) is 30.3 Å². The van der Waals surface area contributed by atoms with Gasteiger partial charge in [0.05, 0.1) is 19.8 Å². The number of morpholine rings is 1. The van der Waals surface area contributed by atoms with Gasteiger partial charge in [0, 0.05) is 26.2 Å². The van der Waals surface area contributed by atoms with E-state index in [2.05, 4.69) is 5.32 Å². The van der Waals surface area contributed by atoms with Crippen molar-refractivity contribution in [1.29, 1.82) is 0 Å². The van der Waals surface area contributed by atoms with E-state index < -0.39 is 6.04 Å². The summed E-state index contributed by atoms with van der Waals surface area (Å²) in [6, 6.07) is 9.30. The van der Waals surface area contributed by atoms with E-state index in [1.807, 2.05) is 40.1 Å². The summed E-state index contributed by atoms with van der Waals surface area (Å²) in [5.41, 5.74) is 0.939. The van der Waals surface area contributed by atoms with Crippen LogP contribution in [0.5, 0.6) is 0 Å². The molecule has 2 aliphatic heterocycles. The van der Waals surface area contributed by atoms with Gasteiger partial charge in [-0.25, -0.2) is 0 Å². The van der Waals surface area contributed by atoms with Gasteiger partial charge < -0.3 is 15.0 Å². The van der Waals surface area contributed by atoms with Crippen LogP contribution in [0.3, 0.4) is 0 Å². The Labute approximate surface area is 130 Å². The van der Waals surface area contributed by atoms with Gasteiger partial charge in [0.2, 0.25) is 11.8 Å². The fraction of sp³-hybridized carbons (Fsp3) is 0.500. The molecule has 0 aromatic heterocycles. The highest BCUT2D eigenvalue weighted by Crippen LogP contribution is 2.24. The first-order chi connectivity index (χ1) is 10.8. The van der Waals surface area contributed by atoms with E-state index >= 15 is 0 Å². The van der Waals surface area contributed by atoms with E-state index in [4.69, 9.17) is 4.74 Å². The number of ether oxygens (including phenoxy) is 1. The second kappa shape index (κ2) is 6.89. The van der Waals surface area contributed by atoms with Gasteiger partial charge in [-0.15, -0.1) is 0 Å². The van der Waals surface area contributed by atoms with Gasteiger partial charge in [0.15, 0.2) is 0 Å². The summed E-state index contributed by atoms with van der Waals surface area (Å²) in [4.78, 5) is 28.5. The number of nitrogens with zero attached hydrogens (tertiary/aromatic N) is 2. The smallest absolute Gasteiger partial charge is 0.244 e. The summed E-state index contributed by atoms with van der Waals surface area (Å²) in [7, 11) is 0. The van der Waals surface area contributed by atoms with E-state index in [0.29, 0.717) is 39.4 Å². The average molecular weight is 303 g/mol. The molecule has 1 aromatic rings. The molecule has 1 unspecified atom stereocenters. The van der Waals surface area contributed by atoms with Gasteiger partial charge in [0.25, 0.3) is 0 Å². The standard InChI is InChI=1S/C16H21N3O3/c20-14-12-19(7-6-17-14)15(13-4-2-1-3-5-13)16(21)18-8-10-22-11-9-18/h1-5,15H,6-12H2,(H,17,20). The molecule has 0 saturated carbocycles. The van der Waals surface area contributed by atoms with Crippen LogP contribution in [0.1, 0.15) is 11.6 Å². The molecule has 0 bridgehead atoms. The molecular weight excluding hydrogens is 282 g/mol. The molecule has 22 heavy (non-hydrogen) atoms. The zero-order chi connectivity index (χ0) is 15.4. The first-order valence-electron chi connectivity index (χ1n) is 7.68. The van der Waals surface area contributed by atoms with Crippen LogP contribution in [0.25, 0.3) is 0 Å². The van der Waals surface area contributed by atoms with Crippen molar-refractivity contribution in [2.75, 3.05) is 45.9 Å². The first-order valence-corrected chi connectivity index (χ1v) is 7.68. The second-order valence-corrected chi connectivity index (χ2v) is 5.57. The second-order valence-electron chi connectivity index (χ2n) is 5.57. The molecule has 1 atom stereocenters. The fourth-order valence-electron chi connectivity index (χ4n) is 2.98. The van der Waals surface area contributed by atoms with Crippen LogP contribution in [-0.2, 0) is 14.3 Å². The SMILES string of the molecule is O=C1CN(C(C(=O)N2CCOCC2)c2ccccc2)CCN1. The minimum absolute atomic E-state index is 0.0260. The predicted octanol–water partition coefficient (Wildman–Crippen LogP) is 0.0183. The summed E-state index contributed by atoms with van der Waals surface area (Å²) in [6.45, 7) is 3.90. The van der Waals surface area contributed by atoms with Gasteiger partial charge in [-0.3, -0.25) is 14.5 Å². The lowest BCUT2D eigenvalue weighted by Crippen LogP contribution is -2.54. The van der Waals surface area contributed by atoms with Crippen molar-refractivity contribution >= 4 is 11.8 Å². The number of benzene rings is 1. The number of nitrogens with one attached hydrogen (secondary N) is 1. The van der Waals surface area contributed by atoms with E-state index in [9.17, 15) is 9.59 Å². The minimum atomic E-state index is -0.398. The largest absolute Gasteiger partial charge is 0.378 e. The fourth-order valence-corrected chi connectivity index (χ4v) is 2.98. The van der Waals surface area contributed by atoms with Gasteiger partial charge >= 0.3 is 0 Å². The lowest BCUT2D eigenvalue weighted by atomic mass is 10.0. The summed E-state index contributed by atoms with van der Waals surface area (Å²) in [5, 5.41) is 2.81. The van der Waals surface area contributed by atoms with E-state index in [-0.39, 0.29) is 18.4 Å². The van der Waals surface area contributed by atoms with Crippen LogP contribution in [0.2, 0.25) is 0 Å². The summed E-state index contributed by atoms with van der Waals surface area (Å²) >= 11 is 0. The minimum Gasteiger partial charge on any atom is -0.378 e. The maximum Gasteiger partial charge on any atom is 0.244 e. The molecule has 118 valence electrons. The van der Waals surface area contributed by atoms with E-state index in [1.165, 1.54) is 0 Å². The monoisotopic (exact) mass is 303 g/mol. The van der Waals surface area contributed by atoms with Crippen LogP contribution >= 0.6 is 0 Å². The Morgan fingerprint density at radius 3 is 2.55 bits per heavy atom. The van der Waals surface area contributed by atoms with Gasteiger partial charge in [0.1, 0.15) is 6.04 Å². The Bertz CT molecular complexity index is 529. The van der Waals surface area contributed by atoms with E-state index in [0.717, 1.165) is 5.56 Å². The van der Waals surface area contributed by atoms with Gasteiger partial charge in [-0.05, 0) is 5.56 Å². The molecule has 2 amide bonds. The van der Waals surface area contributed by atoms with Crippen LogP contribution in [-0.4, -0.2) is 67.6 Å². The number of hydrogen-bond donors (Lipinski definition) is 1. The Morgan fingerprint density at radius 1 is 1.14 bits per heavy atom. The van der Waals surface area contributed by atoms with Crippen LogP contribution in [0, 0.1) is 0 Å². The normalized spacial score (nSPS) is 21.3. The molecule has 1 aromatic carbocycles. The lowest BCUT2D eigenvalue weighted by molar-refractivity contribution is -0.143. The van der Waals surface area contributed by atoms with Crippen molar-refractivity contribution in [1.82, 2.24) is 15.1 Å². The topological polar surface area (TPSA) is 61.9 Å². The van der Waals surface area contributed by atoms with Crippen molar-refractivity contribution < 1.29 is 14.3 Å². The summed E-state index contributed by atoms with van der Waals surface area (Å²) in [6.07, 6.45) is 0. The molecule has 2 fully saturated rings. The third-order valence-electron chi connectivity index (χ3n) is 4.11. The molecule has 0 spiro atoms. The summed E-state index contributed by atoms with van der Waals surface area (Å²) in [5.74, 6) is 0.0335. The van der Waals surface area contributed by atoms with Crippen molar-refractivity contribution in [2.24, 2.45) is 0 Å². The highest BCUT2D eigenvalue weighted by Gasteiger charge is 2.34. The molecule has 0 radical (unpaired) electrons. The Hall–Kier alpha value is -1.92. The highest BCUT2D eigenvalue weighted by atomic mass is 16.5. The number of carbonyl (C=O) groups is 2. The molecule has 2 aliphatic rings. The first kappa shape index (κ1) is 15.0. The number of amides is 2. The van der Waals surface area contributed by atoms with Crippen LogP contribution < -0.4 is 5.32 Å². The van der Waals surface area contributed by atoms with Crippen molar-refractivity contribution in [3.05, 3.63) is 35.9 Å². The third-order valence-corrected chi connectivity index (χ3v) is 4.11.